The van der Waals surface area contributed by atoms with E-state index in [1.165, 1.54) is 17.3 Å². The van der Waals surface area contributed by atoms with Crippen molar-refractivity contribution in [3.8, 4) is 5.69 Å². The van der Waals surface area contributed by atoms with Gasteiger partial charge in [0.15, 0.2) is 5.16 Å². The summed E-state index contributed by atoms with van der Waals surface area (Å²) in [5.41, 5.74) is 3.24. The Hall–Kier alpha value is -2.87. The van der Waals surface area contributed by atoms with Gasteiger partial charge in [0.25, 0.3) is 0 Å². The summed E-state index contributed by atoms with van der Waals surface area (Å²) in [6, 6.07) is 12.3. The Morgan fingerprint density at radius 2 is 1.87 bits per heavy atom. The summed E-state index contributed by atoms with van der Waals surface area (Å²) in [4.78, 5) is 19.0. The van der Waals surface area contributed by atoms with Crippen molar-refractivity contribution in [2.75, 3.05) is 23.7 Å². The molecule has 164 valence electrons. The topological polar surface area (TPSA) is 75.9 Å². The average Bonchev–Trinajstić information content (AvgIpc) is 3.26. The smallest absolute Gasteiger partial charge is 0.230 e. The van der Waals surface area contributed by atoms with Crippen LogP contribution in [0.15, 0.2) is 54.1 Å². The van der Waals surface area contributed by atoms with Gasteiger partial charge in [-0.1, -0.05) is 43.8 Å². The van der Waals surface area contributed by atoms with E-state index in [0.717, 1.165) is 30.2 Å². The molecule has 3 rings (SSSR count). The molecule has 1 amide bonds. The summed E-state index contributed by atoms with van der Waals surface area (Å²) in [5.74, 6) is 1.66. The first kappa shape index (κ1) is 22.8. The Balaban J connectivity index is 1.52. The Bertz CT molecular complexity index is 964. The number of benzene rings is 1. The van der Waals surface area contributed by atoms with Crippen LogP contribution in [-0.2, 0) is 11.3 Å². The summed E-state index contributed by atoms with van der Waals surface area (Å²) in [6.45, 7) is 10.9. The van der Waals surface area contributed by atoms with E-state index in [4.69, 9.17) is 0 Å². The van der Waals surface area contributed by atoms with Gasteiger partial charge in [0.1, 0.15) is 12.1 Å². The molecule has 0 aliphatic heterocycles. The highest BCUT2D eigenvalue weighted by Gasteiger charge is 2.11. The molecule has 0 saturated heterocycles. The highest BCUT2D eigenvalue weighted by molar-refractivity contribution is 7.99. The number of thioether (sulfide) groups is 1. The number of nitrogens with zero attached hydrogens (tertiary/aromatic N) is 5. The minimum absolute atomic E-state index is 0.0532. The van der Waals surface area contributed by atoms with Gasteiger partial charge in [0.2, 0.25) is 5.91 Å². The van der Waals surface area contributed by atoms with Crippen molar-refractivity contribution in [1.82, 2.24) is 25.1 Å². The third-order valence-electron chi connectivity index (χ3n) is 5.07. The summed E-state index contributed by atoms with van der Waals surface area (Å²) < 4.78 is 1.90. The molecule has 0 aliphatic carbocycles. The zero-order chi connectivity index (χ0) is 22.2. The van der Waals surface area contributed by atoms with Crippen LogP contribution in [0.1, 0.15) is 44.7 Å². The molecule has 8 heteroatoms. The Morgan fingerprint density at radius 3 is 2.48 bits per heavy atom. The Kier molecular flexibility index (Phi) is 8.06. The molecule has 1 aromatic carbocycles. The van der Waals surface area contributed by atoms with E-state index < -0.39 is 0 Å². The number of aromatic nitrogens is 4. The van der Waals surface area contributed by atoms with Gasteiger partial charge in [-0.05, 0) is 49.1 Å². The predicted octanol–water partition coefficient (Wildman–Crippen LogP) is 4.04. The highest BCUT2D eigenvalue weighted by atomic mass is 32.2. The summed E-state index contributed by atoms with van der Waals surface area (Å²) in [7, 11) is 0. The molecule has 1 N–H and O–H groups in total. The number of amides is 1. The van der Waals surface area contributed by atoms with Gasteiger partial charge in [-0.2, -0.15) is 0 Å². The normalized spacial score (nSPS) is 11.0. The third-order valence-corrected chi connectivity index (χ3v) is 6.02. The zero-order valence-electron chi connectivity index (χ0n) is 18.6. The lowest BCUT2D eigenvalue weighted by molar-refractivity contribution is -0.118. The number of anilines is 1. The first-order chi connectivity index (χ1) is 15.0. The van der Waals surface area contributed by atoms with E-state index >= 15 is 0 Å². The highest BCUT2D eigenvalue weighted by Crippen LogP contribution is 2.21. The van der Waals surface area contributed by atoms with Crippen LogP contribution in [-0.4, -0.2) is 44.5 Å². The largest absolute Gasteiger partial charge is 0.357 e. The molecule has 0 atom stereocenters. The molecular formula is C23H30N6OS. The molecule has 31 heavy (non-hydrogen) atoms. The van der Waals surface area contributed by atoms with Crippen molar-refractivity contribution < 1.29 is 4.79 Å². The molecule has 0 radical (unpaired) electrons. The second-order valence-electron chi connectivity index (χ2n) is 7.49. The maximum absolute atomic E-state index is 12.3. The molecule has 2 heterocycles. The zero-order valence-corrected chi connectivity index (χ0v) is 19.4. The van der Waals surface area contributed by atoms with Crippen LogP contribution in [0.4, 0.5) is 5.82 Å². The molecular weight excluding hydrogens is 408 g/mol. The lowest BCUT2D eigenvalue weighted by atomic mass is 10.0. The fourth-order valence-electron chi connectivity index (χ4n) is 3.16. The monoisotopic (exact) mass is 438 g/mol. The quantitative estimate of drug-likeness (QED) is 0.482. The van der Waals surface area contributed by atoms with Gasteiger partial charge in [-0.3, -0.25) is 9.36 Å². The van der Waals surface area contributed by atoms with Crippen molar-refractivity contribution in [1.29, 1.82) is 0 Å². The maximum Gasteiger partial charge on any atom is 0.230 e. The Morgan fingerprint density at radius 1 is 1.13 bits per heavy atom. The van der Waals surface area contributed by atoms with Crippen LogP contribution in [0.3, 0.4) is 0 Å². The lowest BCUT2D eigenvalue weighted by Gasteiger charge is -2.19. The van der Waals surface area contributed by atoms with Crippen LogP contribution < -0.4 is 10.2 Å². The van der Waals surface area contributed by atoms with Crippen LogP contribution in [0.25, 0.3) is 5.69 Å². The predicted molar refractivity (Wildman–Crippen MR) is 126 cm³/mol. The first-order valence-corrected chi connectivity index (χ1v) is 11.6. The lowest BCUT2D eigenvalue weighted by Crippen LogP contribution is -2.25. The standard InChI is InChI=1S/C23H30N6OS/c1-5-28(6-2)21-12-7-18(13-24-21)14-25-22(30)15-31-23-27-26-16-29(23)20-10-8-19(9-11-20)17(3)4/h7-13,16-17H,5-6,14-15H2,1-4H3,(H,25,30). The van der Waals surface area contributed by atoms with E-state index in [1.807, 2.05) is 22.9 Å². The maximum atomic E-state index is 12.3. The van der Waals surface area contributed by atoms with Crippen LogP contribution in [0.2, 0.25) is 0 Å². The summed E-state index contributed by atoms with van der Waals surface area (Å²) in [5, 5.41) is 11.8. The minimum Gasteiger partial charge on any atom is -0.357 e. The van der Waals surface area contributed by atoms with Crippen LogP contribution in [0, 0.1) is 0 Å². The fourth-order valence-corrected chi connectivity index (χ4v) is 3.92. The molecule has 0 saturated carbocycles. The molecule has 0 unspecified atom stereocenters. The molecule has 3 aromatic rings. The number of hydrogen-bond acceptors (Lipinski definition) is 6. The molecule has 7 nitrogen and oxygen atoms in total. The summed E-state index contributed by atoms with van der Waals surface area (Å²) >= 11 is 1.37. The number of pyridine rings is 1. The van der Waals surface area contributed by atoms with Gasteiger partial charge in [-0.15, -0.1) is 10.2 Å². The number of rotatable bonds is 10. The molecule has 0 aliphatic rings. The molecule has 0 bridgehead atoms. The van der Waals surface area contributed by atoms with Crippen LogP contribution >= 0.6 is 11.8 Å². The van der Waals surface area contributed by atoms with Gasteiger partial charge >= 0.3 is 0 Å². The van der Waals surface area contributed by atoms with Crippen molar-refractivity contribution in [2.45, 2.75) is 45.3 Å². The average molecular weight is 439 g/mol. The number of carbonyl (C=O) groups excluding carboxylic acids is 1. The number of nitrogens with one attached hydrogen (secondary N) is 1. The van der Waals surface area contributed by atoms with E-state index in [-0.39, 0.29) is 11.7 Å². The van der Waals surface area contributed by atoms with Crippen molar-refractivity contribution in [3.05, 3.63) is 60.0 Å². The van der Waals surface area contributed by atoms with Gasteiger partial charge < -0.3 is 10.2 Å². The van der Waals surface area contributed by atoms with E-state index in [2.05, 4.69) is 77.4 Å². The molecule has 0 spiro atoms. The molecule has 2 aromatic heterocycles. The number of hydrogen-bond donors (Lipinski definition) is 1. The fraction of sp³-hybridized carbons (Fsp3) is 0.391. The van der Waals surface area contributed by atoms with Gasteiger partial charge in [0.05, 0.1) is 5.75 Å². The van der Waals surface area contributed by atoms with Gasteiger partial charge in [-0.25, -0.2) is 4.98 Å². The number of carbonyl (C=O) groups is 1. The summed E-state index contributed by atoms with van der Waals surface area (Å²) in [6.07, 6.45) is 3.49. The second kappa shape index (κ2) is 10.9. The third kappa shape index (κ3) is 6.07. The Labute approximate surface area is 188 Å². The van der Waals surface area contributed by atoms with Crippen molar-refractivity contribution in [3.63, 3.8) is 0 Å². The minimum atomic E-state index is -0.0532. The van der Waals surface area contributed by atoms with E-state index in [1.54, 1.807) is 6.33 Å². The van der Waals surface area contributed by atoms with E-state index in [0.29, 0.717) is 17.6 Å². The van der Waals surface area contributed by atoms with E-state index in [9.17, 15) is 4.79 Å². The van der Waals surface area contributed by atoms with Crippen molar-refractivity contribution in [2.24, 2.45) is 0 Å². The SMILES string of the molecule is CCN(CC)c1ccc(CNC(=O)CSc2nncn2-c2ccc(C(C)C)cc2)cn1. The first-order valence-electron chi connectivity index (χ1n) is 10.6. The second-order valence-corrected chi connectivity index (χ2v) is 8.43. The van der Waals surface area contributed by atoms with Crippen LogP contribution in [0.5, 0.6) is 0 Å². The van der Waals surface area contributed by atoms with Crippen molar-refractivity contribution >= 4 is 23.5 Å². The molecule has 0 fully saturated rings. The van der Waals surface area contributed by atoms with Gasteiger partial charge in [0, 0.05) is 31.5 Å².